The minimum atomic E-state index is -0.232. The van der Waals surface area contributed by atoms with E-state index in [2.05, 4.69) is 36.1 Å². The fourth-order valence-corrected chi connectivity index (χ4v) is 4.96. The number of carbonyl (C=O) groups is 1. The summed E-state index contributed by atoms with van der Waals surface area (Å²) in [6, 6.07) is 22.7. The van der Waals surface area contributed by atoms with Crippen molar-refractivity contribution >= 4 is 17.3 Å². The first-order chi connectivity index (χ1) is 17.5. The van der Waals surface area contributed by atoms with Crippen LogP contribution < -0.4 is 9.64 Å². The predicted molar refractivity (Wildman–Crippen MR) is 140 cm³/mol. The van der Waals surface area contributed by atoms with Crippen molar-refractivity contribution in [2.45, 2.75) is 19.4 Å². The van der Waals surface area contributed by atoms with Crippen molar-refractivity contribution in [3.63, 3.8) is 0 Å². The van der Waals surface area contributed by atoms with Crippen LogP contribution in [0.4, 0.5) is 10.1 Å². The minimum Gasteiger partial charge on any atom is -0.496 e. The summed E-state index contributed by atoms with van der Waals surface area (Å²) in [7, 11) is 1.65. The lowest BCUT2D eigenvalue weighted by Gasteiger charge is -2.36. The van der Waals surface area contributed by atoms with Crippen LogP contribution in [0.3, 0.4) is 0 Å². The van der Waals surface area contributed by atoms with Crippen LogP contribution in [-0.4, -0.2) is 61.4 Å². The number of amides is 1. The van der Waals surface area contributed by atoms with Crippen LogP contribution in [0.5, 0.6) is 5.75 Å². The van der Waals surface area contributed by atoms with Gasteiger partial charge in [0.15, 0.2) is 0 Å². The van der Waals surface area contributed by atoms with Gasteiger partial charge in [0.1, 0.15) is 11.6 Å². The molecule has 1 amide bonds. The Balaban J connectivity index is 1.33. The SMILES string of the molecule is COc1ccccc1[C@H]1CC(c2ccc(C)cc2)=NN1C(=O)CN1CCN(c2ccccc2F)CC1. The van der Waals surface area contributed by atoms with Crippen molar-refractivity contribution in [1.29, 1.82) is 0 Å². The molecule has 0 aromatic heterocycles. The molecule has 0 N–H and O–H groups in total. The zero-order valence-corrected chi connectivity index (χ0v) is 20.7. The Morgan fingerprint density at radius 2 is 1.67 bits per heavy atom. The number of carbonyl (C=O) groups excluding carboxylic acids is 1. The number of piperazine rings is 1. The number of hydrogen-bond donors (Lipinski definition) is 0. The van der Waals surface area contributed by atoms with E-state index in [9.17, 15) is 9.18 Å². The number of aryl methyl sites for hydroxylation is 1. The lowest BCUT2D eigenvalue weighted by molar-refractivity contribution is -0.134. The number of methoxy groups -OCH3 is 1. The molecule has 0 radical (unpaired) electrons. The van der Waals surface area contributed by atoms with Gasteiger partial charge in [-0.1, -0.05) is 60.2 Å². The molecule has 186 valence electrons. The van der Waals surface area contributed by atoms with Gasteiger partial charge >= 0.3 is 0 Å². The van der Waals surface area contributed by atoms with Crippen LogP contribution in [0.25, 0.3) is 0 Å². The molecule has 5 rings (SSSR count). The molecule has 6 nitrogen and oxygen atoms in total. The Bertz CT molecular complexity index is 1250. The molecular weight excluding hydrogens is 455 g/mol. The van der Waals surface area contributed by atoms with E-state index in [0.29, 0.717) is 38.3 Å². The summed E-state index contributed by atoms with van der Waals surface area (Å²) in [5.74, 6) is 0.489. The van der Waals surface area contributed by atoms with E-state index in [0.717, 1.165) is 22.6 Å². The number of halogens is 1. The molecule has 7 heteroatoms. The van der Waals surface area contributed by atoms with Crippen molar-refractivity contribution in [3.05, 3.63) is 95.3 Å². The molecule has 3 aromatic rings. The molecule has 0 aliphatic carbocycles. The monoisotopic (exact) mass is 486 g/mol. The maximum atomic E-state index is 14.2. The standard InChI is InChI=1S/C29H31FN4O2/c1-21-11-13-22(14-12-21)25-19-27(23-7-3-6-10-28(23)36-2)34(31-25)29(35)20-32-15-17-33(18-16-32)26-9-5-4-8-24(26)30/h3-14,27H,15-20H2,1-2H3/t27-/m1/s1. The zero-order valence-electron chi connectivity index (χ0n) is 20.7. The summed E-state index contributed by atoms with van der Waals surface area (Å²) in [5, 5.41) is 6.45. The molecule has 2 heterocycles. The van der Waals surface area contributed by atoms with Crippen LogP contribution in [0.2, 0.25) is 0 Å². The fourth-order valence-electron chi connectivity index (χ4n) is 4.96. The number of nitrogens with zero attached hydrogens (tertiary/aromatic N) is 4. The van der Waals surface area contributed by atoms with E-state index < -0.39 is 0 Å². The summed E-state index contributed by atoms with van der Waals surface area (Å²) in [5.41, 5.74) is 4.66. The molecule has 1 saturated heterocycles. The van der Waals surface area contributed by atoms with Crippen molar-refractivity contribution < 1.29 is 13.9 Å². The van der Waals surface area contributed by atoms with Gasteiger partial charge in [-0.15, -0.1) is 0 Å². The van der Waals surface area contributed by atoms with Gasteiger partial charge in [0, 0.05) is 38.2 Å². The van der Waals surface area contributed by atoms with Crippen molar-refractivity contribution in [3.8, 4) is 5.75 Å². The van der Waals surface area contributed by atoms with Gasteiger partial charge in [-0.2, -0.15) is 5.10 Å². The van der Waals surface area contributed by atoms with E-state index in [-0.39, 0.29) is 24.3 Å². The van der Waals surface area contributed by atoms with E-state index in [4.69, 9.17) is 9.84 Å². The van der Waals surface area contributed by atoms with Gasteiger partial charge in [0.25, 0.3) is 5.91 Å². The summed E-state index contributed by atoms with van der Waals surface area (Å²) in [6.45, 7) is 5.02. The summed E-state index contributed by atoms with van der Waals surface area (Å²) >= 11 is 0. The van der Waals surface area contributed by atoms with Gasteiger partial charge in [-0.25, -0.2) is 9.40 Å². The summed E-state index contributed by atoms with van der Waals surface area (Å²) in [6.07, 6.45) is 0.621. The fraction of sp³-hybridized carbons (Fsp3) is 0.310. The number of hydrazone groups is 1. The second-order valence-electron chi connectivity index (χ2n) is 9.33. The third kappa shape index (κ3) is 4.97. The lowest BCUT2D eigenvalue weighted by Crippen LogP contribution is -2.49. The largest absolute Gasteiger partial charge is 0.496 e. The topological polar surface area (TPSA) is 48.4 Å². The number of hydrogen-bond acceptors (Lipinski definition) is 5. The Hall–Kier alpha value is -3.71. The average molecular weight is 487 g/mol. The highest BCUT2D eigenvalue weighted by atomic mass is 19.1. The lowest BCUT2D eigenvalue weighted by atomic mass is 9.97. The number of benzene rings is 3. The van der Waals surface area contributed by atoms with Crippen molar-refractivity contribution in [2.75, 3.05) is 44.7 Å². The maximum Gasteiger partial charge on any atom is 0.257 e. The van der Waals surface area contributed by atoms with Gasteiger partial charge < -0.3 is 9.64 Å². The van der Waals surface area contributed by atoms with E-state index in [1.165, 1.54) is 11.6 Å². The van der Waals surface area contributed by atoms with Crippen molar-refractivity contribution in [2.24, 2.45) is 5.10 Å². The summed E-state index contributed by atoms with van der Waals surface area (Å²) in [4.78, 5) is 17.8. The Labute approximate surface area is 211 Å². The Morgan fingerprint density at radius 1 is 0.972 bits per heavy atom. The number of anilines is 1. The first-order valence-corrected chi connectivity index (χ1v) is 12.3. The molecule has 2 aliphatic rings. The van der Waals surface area contributed by atoms with Crippen LogP contribution in [0, 0.1) is 12.7 Å². The summed E-state index contributed by atoms with van der Waals surface area (Å²) < 4.78 is 19.8. The Kier molecular flexibility index (Phi) is 7.00. The average Bonchev–Trinajstić information content (AvgIpc) is 3.35. The molecule has 3 aromatic carbocycles. The van der Waals surface area contributed by atoms with Gasteiger partial charge in [0.2, 0.25) is 0 Å². The molecule has 0 saturated carbocycles. The third-order valence-corrected chi connectivity index (χ3v) is 6.97. The minimum absolute atomic E-state index is 0.0487. The zero-order chi connectivity index (χ0) is 25.1. The van der Waals surface area contributed by atoms with Gasteiger partial charge in [-0.05, 0) is 30.7 Å². The number of para-hydroxylation sites is 2. The molecule has 0 bridgehead atoms. The molecule has 0 spiro atoms. The smallest absolute Gasteiger partial charge is 0.257 e. The molecule has 0 unspecified atom stereocenters. The molecular formula is C29H31FN4O2. The van der Waals surface area contributed by atoms with Crippen LogP contribution in [0.15, 0.2) is 77.9 Å². The van der Waals surface area contributed by atoms with Crippen molar-refractivity contribution in [1.82, 2.24) is 9.91 Å². The van der Waals surface area contributed by atoms with Crippen LogP contribution in [0.1, 0.15) is 29.2 Å². The van der Waals surface area contributed by atoms with E-state index in [1.807, 2.05) is 35.2 Å². The first-order valence-electron chi connectivity index (χ1n) is 12.3. The molecule has 1 atom stereocenters. The molecule has 1 fully saturated rings. The highest BCUT2D eigenvalue weighted by Crippen LogP contribution is 2.37. The third-order valence-electron chi connectivity index (χ3n) is 6.97. The number of ether oxygens (including phenoxy) is 1. The maximum absolute atomic E-state index is 14.2. The van der Waals surface area contributed by atoms with E-state index >= 15 is 0 Å². The second-order valence-corrected chi connectivity index (χ2v) is 9.33. The highest BCUT2D eigenvalue weighted by Gasteiger charge is 2.35. The highest BCUT2D eigenvalue weighted by molar-refractivity contribution is 6.03. The normalized spacial score (nSPS) is 18.3. The molecule has 2 aliphatic heterocycles. The van der Waals surface area contributed by atoms with Gasteiger partial charge in [-0.3, -0.25) is 9.69 Å². The van der Waals surface area contributed by atoms with Gasteiger partial charge in [0.05, 0.1) is 31.1 Å². The van der Waals surface area contributed by atoms with Crippen LogP contribution in [-0.2, 0) is 4.79 Å². The second kappa shape index (κ2) is 10.5. The van der Waals surface area contributed by atoms with Crippen LogP contribution >= 0.6 is 0 Å². The molecule has 36 heavy (non-hydrogen) atoms. The first kappa shape index (κ1) is 24.0. The van der Waals surface area contributed by atoms with E-state index in [1.54, 1.807) is 24.3 Å². The predicted octanol–water partition coefficient (Wildman–Crippen LogP) is 4.64. The Morgan fingerprint density at radius 3 is 2.39 bits per heavy atom. The number of rotatable bonds is 6. The quantitative estimate of drug-likeness (QED) is 0.509.